The Morgan fingerprint density at radius 1 is 1.11 bits per heavy atom. The molecule has 0 saturated heterocycles. The van der Waals surface area contributed by atoms with Gasteiger partial charge in [-0.05, 0) is 13.6 Å². The van der Waals surface area contributed by atoms with Crippen LogP contribution in [0.4, 0.5) is 0 Å². The molecule has 1 aliphatic rings. The maximum Gasteiger partial charge on any atom is -0.00804 e. The van der Waals surface area contributed by atoms with E-state index in [1.807, 2.05) is 20.9 Å². The van der Waals surface area contributed by atoms with E-state index in [0.717, 1.165) is 6.54 Å². The molecule has 1 rings (SSSR count). The molecule has 0 spiro atoms. The third-order valence-electron chi connectivity index (χ3n) is 0.707. The molecule has 0 aromatic carbocycles. The summed E-state index contributed by atoms with van der Waals surface area (Å²) in [6.07, 6.45) is 4.50. The molecule has 0 bridgehead atoms. The third kappa shape index (κ3) is 73.6. The average molecular weight is 131 g/mol. The van der Waals surface area contributed by atoms with Gasteiger partial charge in [0.05, 0.1) is 0 Å². The van der Waals surface area contributed by atoms with Crippen LogP contribution in [-0.4, -0.2) is 13.6 Å². The van der Waals surface area contributed by atoms with Crippen molar-refractivity contribution in [2.24, 2.45) is 0 Å². The molecular weight excluding hydrogens is 110 g/mol. The van der Waals surface area contributed by atoms with Crippen LogP contribution in [0.1, 0.15) is 40.0 Å². The monoisotopic (exact) mass is 131 g/mol. The summed E-state index contributed by atoms with van der Waals surface area (Å²) in [6.45, 7) is 7.14. The van der Waals surface area contributed by atoms with Crippen LogP contribution >= 0.6 is 0 Å². The smallest absolute Gasteiger partial charge is 0.00804 e. The van der Waals surface area contributed by atoms with Crippen LogP contribution in [0.15, 0.2) is 0 Å². The van der Waals surface area contributed by atoms with E-state index in [1.54, 1.807) is 0 Å². The van der Waals surface area contributed by atoms with Gasteiger partial charge in [-0.25, -0.2) is 0 Å². The van der Waals surface area contributed by atoms with Crippen molar-refractivity contribution >= 4 is 0 Å². The quantitative estimate of drug-likeness (QED) is 0.576. The zero-order valence-electron chi connectivity index (χ0n) is 7.33. The van der Waals surface area contributed by atoms with Crippen LogP contribution in [0.2, 0.25) is 0 Å². The van der Waals surface area contributed by atoms with Gasteiger partial charge < -0.3 is 5.32 Å². The van der Waals surface area contributed by atoms with Crippen LogP contribution < -0.4 is 5.32 Å². The van der Waals surface area contributed by atoms with E-state index in [4.69, 9.17) is 0 Å². The Hall–Kier alpha value is -0.0400. The van der Waals surface area contributed by atoms with Gasteiger partial charge in [-0.3, -0.25) is 0 Å². The Morgan fingerprint density at radius 3 is 1.33 bits per heavy atom. The second kappa shape index (κ2) is 15.7. The molecule has 0 aromatic heterocycles. The van der Waals surface area contributed by atoms with E-state index < -0.39 is 0 Å². The summed E-state index contributed by atoms with van der Waals surface area (Å²) in [6, 6.07) is 0. The fourth-order valence-electron chi connectivity index (χ4n) is 0. The lowest BCUT2D eigenvalue weighted by molar-refractivity contribution is 0.864. The van der Waals surface area contributed by atoms with Gasteiger partial charge in [0.25, 0.3) is 0 Å². The Balaban J connectivity index is 0. The summed E-state index contributed by atoms with van der Waals surface area (Å²) in [5.74, 6) is 0. The van der Waals surface area contributed by atoms with E-state index in [9.17, 15) is 0 Å². The molecule has 0 atom stereocenters. The first-order valence-electron chi connectivity index (χ1n) is 4.06. The van der Waals surface area contributed by atoms with Crippen LogP contribution in [0.5, 0.6) is 0 Å². The summed E-state index contributed by atoms with van der Waals surface area (Å²) < 4.78 is 0. The summed E-state index contributed by atoms with van der Waals surface area (Å²) in [4.78, 5) is 0. The maximum absolute atomic E-state index is 2.93. The summed E-state index contributed by atoms with van der Waals surface area (Å²) in [7, 11) is 1.93. The van der Waals surface area contributed by atoms with Crippen molar-refractivity contribution in [1.82, 2.24) is 5.32 Å². The molecule has 1 aliphatic carbocycles. The average Bonchev–Trinajstić information content (AvgIpc) is 2.77. The molecule has 1 heteroatoms. The Kier molecular flexibility index (Phi) is 20.4. The van der Waals surface area contributed by atoms with Gasteiger partial charge in [-0.15, -0.1) is 0 Å². The largest absolute Gasteiger partial charge is 0.320 e. The van der Waals surface area contributed by atoms with Gasteiger partial charge >= 0.3 is 0 Å². The lowest BCUT2D eigenvalue weighted by atomic mass is 10.8. The van der Waals surface area contributed by atoms with Crippen molar-refractivity contribution in [3.63, 3.8) is 0 Å². The van der Waals surface area contributed by atoms with Crippen molar-refractivity contribution in [3.05, 3.63) is 0 Å². The van der Waals surface area contributed by atoms with Gasteiger partial charge in [0.1, 0.15) is 0 Å². The summed E-state index contributed by atoms with van der Waals surface area (Å²) in [5, 5.41) is 2.93. The highest BCUT2D eigenvalue weighted by Crippen LogP contribution is 2.14. The topological polar surface area (TPSA) is 12.0 Å². The highest BCUT2D eigenvalue weighted by Gasteiger charge is 1.95. The van der Waals surface area contributed by atoms with Crippen molar-refractivity contribution < 1.29 is 0 Å². The van der Waals surface area contributed by atoms with Crippen LogP contribution in [0.25, 0.3) is 0 Å². The van der Waals surface area contributed by atoms with Gasteiger partial charge in [-0.1, -0.05) is 40.0 Å². The van der Waals surface area contributed by atoms with Crippen molar-refractivity contribution in [3.8, 4) is 0 Å². The number of hydrogen-bond acceptors (Lipinski definition) is 1. The van der Waals surface area contributed by atoms with Crippen molar-refractivity contribution in [1.29, 1.82) is 0 Å². The van der Waals surface area contributed by atoms with Crippen LogP contribution in [-0.2, 0) is 0 Å². The van der Waals surface area contributed by atoms with Crippen molar-refractivity contribution in [2.75, 3.05) is 13.6 Å². The first-order chi connectivity index (χ1) is 4.41. The minimum absolute atomic E-state index is 1.07. The summed E-state index contributed by atoms with van der Waals surface area (Å²) in [5.41, 5.74) is 0. The summed E-state index contributed by atoms with van der Waals surface area (Å²) >= 11 is 0. The second-order valence-electron chi connectivity index (χ2n) is 1.77. The molecule has 0 unspecified atom stereocenters. The van der Waals surface area contributed by atoms with Gasteiger partial charge in [0, 0.05) is 0 Å². The van der Waals surface area contributed by atoms with Crippen molar-refractivity contribution in [2.45, 2.75) is 40.0 Å². The molecular formula is C8H21N. The molecule has 9 heavy (non-hydrogen) atoms. The van der Waals surface area contributed by atoms with E-state index in [0.29, 0.717) is 0 Å². The molecule has 1 fully saturated rings. The first-order valence-corrected chi connectivity index (χ1v) is 4.06. The molecule has 1 saturated carbocycles. The van der Waals surface area contributed by atoms with Gasteiger partial charge in [0.2, 0.25) is 0 Å². The zero-order valence-corrected chi connectivity index (χ0v) is 7.33. The Labute approximate surface area is 59.8 Å². The second-order valence-corrected chi connectivity index (χ2v) is 1.77. The van der Waals surface area contributed by atoms with E-state index in [1.165, 1.54) is 19.3 Å². The van der Waals surface area contributed by atoms with E-state index >= 15 is 0 Å². The lowest BCUT2D eigenvalue weighted by Crippen LogP contribution is -2.01. The standard InChI is InChI=1S/C3H9N.C3H6.C2H6/c1-3-4-2;1-2-3-1;1-2/h4H,3H2,1-2H3;1-3H2;1-2H3. The SMILES string of the molecule is C1CC1.CC.CCNC. The first kappa shape index (κ1) is 11.7. The molecule has 1 N–H and O–H groups in total. The molecule has 58 valence electrons. The van der Waals surface area contributed by atoms with Crippen LogP contribution in [0, 0.1) is 0 Å². The Morgan fingerprint density at radius 2 is 1.33 bits per heavy atom. The van der Waals surface area contributed by atoms with Gasteiger partial charge in [-0.2, -0.15) is 0 Å². The highest BCUT2D eigenvalue weighted by atomic mass is 14.8. The molecule has 0 aromatic rings. The molecule has 0 aliphatic heterocycles. The highest BCUT2D eigenvalue weighted by molar-refractivity contribution is 4.50. The minimum atomic E-state index is 1.07. The number of nitrogens with one attached hydrogen (secondary N) is 1. The fraction of sp³-hybridized carbons (Fsp3) is 1.00. The van der Waals surface area contributed by atoms with E-state index in [2.05, 4.69) is 12.2 Å². The number of hydrogen-bond donors (Lipinski definition) is 1. The predicted molar refractivity (Wildman–Crippen MR) is 44.8 cm³/mol. The van der Waals surface area contributed by atoms with E-state index in [-0.39, 0.29) is 0 Å². The Bertz CT molecular complexity index is 21.0. The molecule has 0 amide bonds. The fourth-order valence-corrected chi connectivity index (χ4v) is 0. The third-order valence-corrected chi connectivity index (χ3v) is 0.707. The number of rotatable bonds is 1. The normalized spacial score (nSPS) is 12.0. The zero-order chi connectivity index (χ0) is 7.54. The van der Waals surface area contributed by atoms with Gasteiger partial charge in [0.15, 0.2) is 0 Å². The molecule has 0 radical (unpaired) electrons. The minimum Gasteiger partial charge on any atom is -0.320 e. The van der Waals surface area contributed by atoms with Crippen LogP contribution in [0.3, 0.4) is 0 Å². The molecule has 1 nitrogen and oxygen atoms in total. The maximum atomic E-state index is 2.93. The predicted octanol–water partition coefficient (Wildman–Crippen LogP) is 2.42. The molecule has 0 heterocycles. The lowest BCUT2D eigenvalue weighted by Gasteiger charge is -1.76.